The van der Waals surface area contributed by atoms with Crippen LogP contribution in [0.25, 0.3) is 11.3 Å². The van der Waals surface area contributed by atoms with Crippen molar-refractivity contribution >= 4 is 5.91 Å². The predicted octanol–water partition coefficient (Wildman–Crippen LogP) is 6.21. The first kappa shape index (κ1) is 23.2. The molecule has 1 amide bonds. The molecule has 1 aromatic heterocycles. The zero-order valence-corrected chi connectivity index (χ0v) is 19.0. The third-order valence-electron chi connectivity index (χ3n) is 5.40. The van der Waals surface area contributed by atoms with E-state index < -0.39 is 11.7 Å². The Bertz CT molecular complexity index is 1270. The zero-order valence-electron chi connectivity index (χ0n) is 19.0. The number of halogens is 2. The van der Waals surface area contributed by atoms with E-state index >= 15 is 0 Å². The van der Waals surface area contributed by atoms with E-state index in [4.69, 9.17) is 4.74 Å². The molecule has 4 aromatic rings. The highest BCUT2D eigenvalue weighted by atomic mass is 19.1. The topological polar surface area (TPSA) is 47.4 Å². The van der Waals surface area contributed by atoms with Crippen LogP contribution in [0, 0.1) is 11.6 Å². The number of carbonyl (C=O) groups is 1. The maximum atomic E-state index is 14.4. The monoisotopic (exact) mass is 461 g/mol. The lowest BCUT2D eigenvalue weighted by Gasteiger charge is -2.23. The highest BCUT2D eigenvalue weighted by Crippen LogP contribution is 2.34. The average Bonchev–Trinajstić information content (AvgIpc) is 3.15. The molecule has 0 N–H and O–H groups in total. The van der Waals surface area contributed by atoms with Gasteiger partial charge in [-0.05, 0) is 42.8 Å². The van der Waals surface area contributed by atoms with E-state index in [2.05, 4.69) is 5.10 Å². The first-order valence-corrected chi connectivity index (χ1v) is 11.1. The molecular weight excluding hydrogens is 436 g/mol. The Morgan fingerprint density at radius 3 is 2.32 bits per heavy atom. The summed E-state index contributed by atoms with van der Waals surface area (Å²) in [6.07, 6.45) is 0.690. The molecule has 0 saturated carbocycles. The summed E-state index contributed by atoms with van der Waals surface area (Å²) in [5.41, 5.74) is 2.21. The number of rotatable bonds is 8. The molecule has 3 aromatic carbocycles. The van der Waals surface area contributed by atoms with Crippen LogP contribution in [0.2, 0.25) is 0 Å². The van der Waals surface area contributed by atoms with Gasteiger partial charge >= 0.3 is 0 Å². The summed E-state index contributed by atoms with van der Waals surface area (Å²) in [6.45, 7) is 2.54. The fraction of sp³-hybridized carbons (Fsp3) is 0.185. The van der Waals surface area contributed by atoms with Crippen molar-refractivity contribution in [2.45, 2.75) is 19.9 Å². The highest BCUT2D eigenvalue weighted by molar-refractivity contribution is 5.94. The van der Waals surface area contributed by atoms with Crippen molar-refractivity contribution in [3.63, 3.8) is 0 Å². The number of hydrogen-bond acceptors (Lipinski definition) is 3. The van der Waals surface area contributed by atoms with E-state index in [1.165, 1.54) is 36.4 Å². The fourth-order valence-corrected chi connectivity index (χ4v) is 3.78. The van der Waals surface area contributed by atoms with Gasteiger partial charge in [0.2, 0.25) is 5.88 Å². The van der Waals surface area contributed by atoms with Crippen LogP contribution < -0.4 is 4.74 Å². The minimum absolute atomic E-state index is 0.0158. The normalized spacial score (nSPS) is 10.8. The third-order valence-corrected chi connectivity index (χ3v) is 5.40. The van der Waals surface area contributed by atoms with Gasteiger partial charge in [-0.3, -0.25) is 4.79 Å². The van der Waals surface area contributed by atoms with Crippen LogP contribution in [-0.4, -0.2) is 27.1 Å². The summed E-state index contributed by atoms with van der Waals surface area (Å²) < 4.78 is 35.5. The number of benzene rings is 3. The Morgan fingerprint density at radius 1 is 0.971 bits per heavy atom. The smallest absolute Gasteiger partial charge is 0.257 e. The van der Waals surface area contributed by atoms with Gasteiger partial charge < -0.3 is 9.64 Å². The van der Waals surface area contributed by atoms with Crippen molar-refractivity contribution in [1.29, 1.82) is 0 Å². The van der Waals surface area contributed by atoms with E-state index in [1.807, 2.05) is 37.3 Å². The zero-order chi connectivity index (χ0) is 24.1. The lowest BCUT2D eigenvalue weighted by molar-refractivity contribution is 0.0738. The molecule has 0 aliphatic rings. The number of ether oxygens (including phenoxy) is 1. The molecule has 0 aliphatic carbocycles. The van der Waals surface area contributed by atoms with Crippen LogP contribution in [0.4, 0.5) is 8.78 Å². The van der Waals surface area contributed by atoms with E-state index in [0.29, 0.717) is 35.9 Å². The van der Waals surface area contributed by atoms with Crippen LogP contribution in [0.5, 0.6) is 11.6 Å². The molecule has 0 atom stereocenters. The van der Waals surface area contributed by atoms with Gasteiger partial charge in [0.05, 0.1) is 17.7 Å². The largest absolute Gasteiger partial charge is 0.439 e. The lowest BCUT2D eigenvalue weighted by Crippen LogP contribution is -2.32. The molecular formula is C27H25F2N3O2. The van der Waals surface area contributed by atoms with Gasteiger partial charge in [0, 0.05) is 19.2 Å². The predicted molar refractivity (Wildman–Crippen MR) is 127 cm³/mol. The van der Waals surface area contributed by atoms with Gasteiger partial charge in [-0.2, -0.15) is 5.10 Å². The van der Waals surface area contributed by atoms with Crippen molar-refractivity contribution in [2.75, 3.05) is 6.54 Å². The summed E-state index contributed by atoms with van der Waals surface area (Å²) >= 11 is 0. The van der Waals surface area contributed by atoms with Crippen LogP contribution in [0.3, 0.4) is 0 Å². The molecule has 174 valence electrons. The van der Waals surface area contributed by atoms with Gasteiger partial charge in [-0.15, -0.1) is 0 Å². The van der Waals surface area contributed by atoms with Crippen molar-refractivity contribution < 1.29 is 18.3 Å². The maximum Gasteiger partial charge on any atom is 0.257 e. The van der Waals surface area contributed by atoms with E-state index in [0.717, 1.165) is 5.56 Å². The maximum absolute atomic E-state index is 14.4. The summed E-state index contributed by atoms with van der Waals surface area (Å²) in [5, 5.41) is 4.66. The Labute approximate surface area is 197 Å². The lowest BCUT2D eigenvalue weighted by atomic mass is 10.1. The van der Waals surface area contributed by atoms with Crippen LogP contribution in [-0.2, 0) is 13.6 Å². The molecule has 1 heterocycles. The van der Waals surface area contributed by atoms with Crippen LogP contribution >= 0.6 is 0 Å². The number of hydrogen-bond donors (Lipinski definition) is 0. The molecule has 0 bridgehead atoms. The van der Waals surface area contributed by atoms with Gasteiger partial charge in [0.15, 0.2) is 0 Å². The van der Waals surface area contributed by atoms with Gasteiger partial charge in [0.1, 0.15) is 23.1 Å². The van der Waals surface area contributed by atoms with Crippen LogP contribution in [0.15, 0.2) is 78.9 Å². The SMILES string of the molecule is CCCN(Cc1c(-c2ccccc2)nn(C)c1Oc1ccc(F)cc1)C(=O)c1ccccc1F. The molecule has 4 rings (SSSR count). The molecule has 0 unspecified atom stereocenters. The first-order chi connectivity index (χ1) is 16.5. The van der Waals surface area contributed by atoms with E-state index in [1.54, 1.807) is 28.8 Å². The summed E-state index contributed by atoms with van der Waals surface area (Å²) in [7, 11) is 1.75. The van der Waals surface area contributed by atoms with Crippen LogP contribution in [0.1, 0.15) is 29.3 Å². The fourth-order valence-electron chi connectivity index (χ4n) is 3.78. The standard InChI is InChI=1S/C27H25F2N3O2/c1-3-17-32(26(33)22-11-7-8-12-24(22)29)18-23-25(19-9-5-4-6-10-19)30-31(2)27(23)34-21-15-13-20(28)14-16-21/h4-16H,3,17-18H2,1-2H3. The molecule has 34 heavy (non-hydrogen) atoms. The minimum atomic E-state index is -0.564. The number of amides is 1. The summed E-state index contributed by atoms with van der Waals surface area (Å²) in [6, 6.07) is 21.2. The number of aromatic nitrogens is 2. The summed E-state index contributed by atoms with van der Waals surface area (Å²) in [4.78, 5) is 14.9. The molecule has 0 fully saturated rings. The van der Waals surface area contributed by atoms with Gasteiger partial charge in [-0.1, -0.05) is 49.4 Å². The summed E-state index contributed by atoms with van der Waals surface area (Å²) in [5.74, 6) is -0.478. The van der Waals surface area contributed by atoms with Gasteiger partial charge in [-0.25, -0.2) is 13.5 Å². The van der Waals surface area contributed by atoms with E-state index in [-0.39, 0.29) is 17.9 Å². The second kappa shape index (κ2) is 10.3. The molecule has 0 aliphatic heterocycles. The van der Waals surface area contributed by atoms with Crippen molar-refractivity contribution in [3.8, 4) is 22.9 Å². The molecule has 0 spiro atoms. The number of nitrogens with zero attached hydrogens (tertiary/aromatic N) is 3. The molecule has 5 nitrogen and oxygen atoms in total. The second-order valence-electron chi connectivity index (χ2n) is 7.88. The van der Waals surface area contributed by atoms with Crippen molar-refractivity contribution in [2.24, 2.45) is 7.05 Å². The number of carbonyl (C=O) groups excluding carboxylic acids is 1. The molecule has 0 saturated heterocycles. The third kappa shape index (κ3) is 4.98. The minimum Gasteiger partial charge on any atom is -0.439 e. The molecule has 7 heteroatoms. The Morgan fingerprint density at radius 2 is 1.65 bits per heavy atom. The quantitative estimate of drug-likeness (QED) is 0.313. The number of aryl methyl sites for hydroxylation is 1. The average molecular weight is 462 g/mol. The first-order valence-electron chi connectivity index (χ1n) is 11.1. The Kier molecular flexibility index (Phi) is 7.01. The Hall–Kier alpha value is -4.00. The Balaban J connectivity index is 1.77. The second-order valence-corrected chi connectivity index (χ2v) is 7.88. The van der Waals surface area contributed by atoms with Crippen molar-refractivity contribution in [3.05, 3.63) is 102 Å². The molecule has 0 radical (unpaired) electrons. The van der Waals surface area contributed by atoms with Crippen molar-refractivity contribution in [1.82, 2.24) is 14.7 Å². The highest BCUT2D eigenvalue weighted by Gasteiger charge is 2.26. The van der Waals surface area contributed by atoms with E-state index in [9.17, 15) is 13.6 Å². The van der Waals surface area contributed by atoms with Gasteiger partial charge in [0.25, 0.3) is 5.91 Å².